The summed E-state index contributed by atoms with van der Waals surface area (Å²) < 4.78 is 22.1. The maximum atomic E-state index is 11.5. The second kappa shape index (κ2) is 3.94. The van der Waals surface area contributed by atoms with Crippen molar-refractivity contribution in [3.8, 4) is 0 Å². The normalized spacial score (nSPS) is 16.2. The standard InChI is InChI=1S/C8H20N2O2S/c1-6(2)7(10-9)8(3,4)13(5,11)12/h6-7,10H,9H2,1-5H3. The molecule has 1 unspecified atom stereocenters. The van der Waals surface area contributed by atoms with Gasteiger partial charge >= 0.3 is 0 Å². The third-order valence-electron chi connectivity index (χ3n) is 2.55. The molecular weight excluding hydrogens is 188 g/mol. The molecule has 0 rings (SSSR count). The maximum Gasteiger partial charge on any atom is 0.154 e. The molecule has 0 spiro atoms. The van der Waals surface area contributed by atoms with Gasteiger partial charge in [0, 0.05) is 12.3 Å². The molecule has 0 saturated heterocycles. The molecule has 0 heterocycles. The molecule has 4 nitrogen and oxygen atoms in total. The fourth-order valence-corrected chi connectivity index (χ4v) is 2.23. The number of nitrogens with one attached hydrogen (secondary N) is 1. The highest BCUT2D eigenvalue weighted by Gasteiger charge is 2.39. The third kappa shape index (κ3) is 2.65. The van der Waals surface area contributed by atoms with Crippen LogP contribution in [-0.4, -0.2) is 25.5 Å². The molecule has 13 heavy (non-hydrogen) atoms. The average molecular weight is 208 g/mol. The van der Waals surface area contributed by atoms with E-state index in [2.05, 4.69) is 5.43 Å². The van der Waals surface area contributed by atoms with Gasteiger partial charge in [-0.25, -0.2) is 8.42 Å². The third-order valence-corrected chi connectivity index (χ3v) is 4.72. The molecule has 0 bridgehead atoms. The van der Waals surface area contributed by atoms with Crippen molar-refractivity contribution in [3.05, 3.63) is 0 Å². The fraction of sp³-hybridized carbons (Fsp3) is 1.00. The second-order valence-corrected chi connectivity index (χ2v) is 6.86. The monoisotopic (exact) mass is 208 g/mol. The van der Waals surface area contributed by atoms with Crippen LogP contribution in [-0.2, 0) is 9.84 Å². The molecule has 0 saturated carbocycles. The summed E-state index contributed by atoms with van der Waals surface area (Å²) in [6, 6.07) is -0.234. The van der Waals surface area contributed by atoms with Gasteiger partial charge in [0.15, 0.2) is 9.84 Å². The van der Waals surface area contributed by atoms with E-state index < -0.39 is 14.6 Å². The molecule has 0 aromatic heterocycles. The van der Waals surface area contributed by atoms with E-state index in [0.717, 1.165) is 0 Å². The predicted octanol–water partition coefficient (Wildman–Crippen LogP) is 0.297. The van der Waals surface area contributed by atoms with E-state index in [1.165, 1.54) is 6.26 Å². The Hall–Kier alpha value is -0.130. The van der Waals surface area contributed by atoms with E-state index in [1.807, 2.05) is 13.8 Å². The predicted molar refractivity (Wildman–Crippen MR) is 54.9 cm³/mol. The van der Waals surface area contributed by atoms with Crippen LogP contribution in [0.15, 0.2) is 0 Å². The van der Waals surface area contributed by atoms with Gasteiger partial charge in [0.05, 0.1) is 4.75 Å². The highest BCUT2D eigenvalue weighted by molar-refractivity contribution is 7.92. The lowest BCUT2D eigenvalue weighted by molar-refractivity contribution is 0.332. The Bertz CT molecular complexity index is 257. The lowest BCUT2D eigenvalue weighted by atomic mass is 9.93. The summed E-state index contributed by atoms with van der Waals surface area (Å²) >= 11 is 0. The van der Waals surface area contributed by atoms with Crippen LogP contribution in [0.3, 0.4) is 0 Å². The van der Waals surface area contributed by atoms with Crippen molar-refractivity contribution < 1.29 is 8.42 Å². The molecule has 5 heteroatoms. The summed E-state index contributed by atoms with van der Waals surface area (Å²) in [5.41, 5.74) is 2.57. The van der Waals surface area contributed by atoms with E-state index in [-0.39, 0.29) is 12.0 Å². The molecule has 80 valence electrons. The van der Waals surface area contributed by atoms with Crippen molar-refractivity contribution in [2.24, 2.45) is 11.8 Å². The molecule has 0 aliphatic carbocycles. The molecule has 0 amide bonds. The van der Waals surface area contributed by atoms with E-state index in [1.54, 1.807) is 13.8 Å². The first-order valence-corrected chi connectivity index (χ1v) is 6.19. The fourth-order valence-electron chi connectivity index (χ4n) is 1.43. The van der Waals surface area contributed by atoms with Gasteiger partial charge in [-0.2, -0.15) is 0 Å². The van der Waals surface area contributed by atoms with E-state index >= 15 is 0 Å². The number of nitrogens with two attached hydrogens (primary N) is 1. The number of hydrogen-bond acceptors (Lipinski definition) is 4. The zero-order valence-corrected chi connectivity index (χ0v) is 9.77. The molecule has 0 aromatic carbocycles. The van der Waals surface area contributed by atoms with E-state index in [9.17, 15) is 8.42 Å². The number of hydrazine groups is 1. The maximum absolute atomic E-state index is 11.5. The molecule has 3 N–H and O–H groups in total. The number of sulfone groups is 1. The largest absolute Gasteiger partial charge is 0.271 e. The van der Waals surface area contributed by atoms with Crippen LogP contribution in [0, 0.1) is 5.92 Å². The van der Waals surface area contributed by atoms with Gasteiger partial charge in [-0.15, -0.1) is 0 Å². The first-order chi connectivity index (χ1) is 5.64. The van der Waals surface area contributed by atoms with Crippen LogP contribution in [0.1, 0.15) is 27.7 Å². The summed E-state index contributed by atoms with van der Waals surface area (Å²) in [4.78, 5) is 0. The highest BCUT2D eigenvalue weighted by atomic mass is 32.2. The Morgan fingerprint density at radius 2 is 1.69 bits per heavy atom. The molecule has 1 atom stereocenters. The van der Waals surface area contributed by atoms with Gasteiger partial charge in [0.2, 0.25) is 0 Å². The van der Waals surface area contributed by atoms with Crippen molar-refractivity contribution in [1.82, 2.24) is 5.43 Å². The lowest BCUT2D eigenvalue weighted by Gasteiger charge is -2.34. The van der Waals surface area contributed by atoms with Crippen LogP contribution in [0.5, 0.6) is 0 Å². The van der Waals surface area contributed by atoms with E-state index in [4.69, 9.17) is 5.84 Å². The summed E-state index contributed by atoms with van der Waals surface area (Å²) in [5, 5.41) is 0. The van der Waals surface area contributed by atoms with Crippen LogP contribution in [0.4, 0.5) is 0 Å². The summed E-state index contributed by atoms with van der Waals surface area (Å²) in [7, 11) is -3.10. The van der Waals surface area contributed by atoms with E-state index in [0.29, 0.717) is 0 Å². The highest BCUT2D eigenvalue weighted by Crippen LogP contribution is 2.24. The zero-order chi connectivity index (χ0) is 10.9. The van der Waals surface area contributed by atoms with Crippen molar-refractivity contribution in [2.45, 2.75) is 38.5 Å². The van der Waals surface area contributed by atoms with Gasteiger partial charge in [-0.1, -0.05) is 13.8 Å². The Morgan fingerprint density at radius 3 is 1.77 bits per heavy atom. The number of rotatable bonds is 4. The van der Waals surface area contributed by atoms with Gasteiger partial charge in [-0.3, -0.25) is 11.3 Å². The van der Waals surface area contributed by atoms with Crippen LogP contribution >= 0.6 is 0 Å². The van der Waals surface area contributed by atoms with Crippen molar-refractivity contribution in [3.63, 3.8) is 0 Å². The van der Waals surface area contributed by atoms with Crippen molar-refractivity contribution in [1.29, 1.82) is 0 Å². The topological polar surface area (TPSA) is 72.2 Å². The van der Waals surface area contributed by atoms with Crippen molar-refractivity contribution in [2.75, 3.05) is 6.26 Å². The minimum Gasteiger partial charge on any atom is -0.271 e. The van der Waals surface area contributed by atoms with Crippen LogP contribution < -0.4 is 11.3 Å². The summed E-state index contributed by atoms with van der Waals surface area (Å²) in [5.74, 6) is 5.52. The molecule has 0 radical (unpaired) electrons. The molecule has 0 aliphatic rings. The van der Waals surface area contributed by atoms with Gasteiger partial charge < -0.3 is 0 Å². The first kappa shape index (κ1) is 12.9. The quantitative estimate of drug-likeness (QED) is 0.515. The second-order valence-electron chi connectivity index (χ2n) is 4.26. The average Bonchev–Trinajstić information content (AvgIpc) is 1.83. The van der Waals surface area contributed by atoms with Gasteiger partial charge in [0.1, 0.15) is 0 Å². The summed E-state index contributed by atoms with van der Waals surface area (Å²) in [6.45, 7) is 7.26. The minimum atomic E-state index is -3.10. The summed E-state index contributed by atoms with van der Waals surface area (Å²) in [6.07, 6.45) is 1.24. The zero-order valence-electron chi connectivity index (χ0n) is 8.96. The van der Waals surface area contributed by atoms with Crippen LogP contribution in [0.25, 0.3) is 0 Å². The molecule has 0 aromatic rings. The first-order valence-electron chi connectivity index (χ1n) is 4.30. The SMILES string of the molecule is CC(C)C(NN)C(C)(C)S(C)(=O)=O. The van der Waals surface area contributed by atoms with Crippen LogP contribution in [0.2, 0.25) is 0 Å². The number of hydrogen-bond donors (Lipinski definition) is 2. The smallest absolute Gasteiger partial charge is 0.154 e. The Balaban J connectivity index is 5.01. The molecule has 0 aliphatic heterocycles. The van der Waals surface area contributed by atoms with Gasteiger partial charge in [-0.05, 0) is 19.8 Å². The lowest BCUT2D eigenvalue weighted by Crippen LogP contribution is -2.56. The van der Waals surface area contributed by atoms with Gasteiger partial charge in [0.25, 0.3) is 0 Å². The Morgan fingerprint density at radius 1 is 1.31 bits per heavy atom. The molecule has 0 fully saturated rings. The Labute approximate surface area is 80.8 Å². The Kier molecular flexibility index (Phi) is 3.90. The minimum absolute atomic E-state index is 0.176. The van der Waals surface area contributed by atoms with Crippen molar-refractivity contribution >= 4 is 9.84 Å². The molecular formula is C8H20N2O2S.